The number of halogens is 1. The van der Waals surface area contributed by atoms with Crippen molar-refractivity contribution >= 4 is 31.6 Å². The lowest BCUT2D eigenvalue weighted by molar-refractivity contribution is 0.584. The average Bonchev–Trinajstić information content (AvgIpc) is 2.75. The van der Waals surface area contributed by atoms with Crippen LogP contribution in [0.3, 0.4) is 0 Å². The second-order valence-corrected chi connectivity index (χ2v) is 7.67. The van der Waals surface area contributed by atoms with Gasteiger partial charge in [0, 0.05) is 10.5 Å². The van der Waals surface area contributed by atoms with Crippen LogP contribution >= 0.6 is 15.9 Å². The van der Waals surface area contributed by atoms with Crippen molar-refractivity contribution in [3.05, 3.63) is 58.6 Å². The highest BCUT2D eigenvalue weighted by Crippen LogP contribution is 2.37. The summed E-state index contributed by atoms with van der Waals surface area (Å²) in [6.45, 7) is 1.94. The molecule has 0 aliphatic carbocycles. The summed E-state index contributed by atoms with van der Waals surface area (Å²) in [6, 6.07) is 14.3. The lowest BCUT2D eigenvalue weighted by Crippen LogP contribution is -2.35. The molecule has 0 saturated carbocycles. The monoisotopic (exact) mass is 351 g/mol. The molecule has 3 nitrogen and oxygen atoms in total. The van der Waals surface area contributed by atoms with E-state index in [0.29, 0.717) is 4.90 Å². The Kier molecular flexibility index (Phi) is 3.34. The van der Waals surface area contributed by atoms with Crippen molar-refractivity contribution < 1.29 is 8.42 Å². The van der Waals surface area contributed by atoms with Crippen molar-refractivity contribution in [2.75, 3.05) is 4.31 Å². The van der Waals surface area contributed by atoms with Gasteiger partial charge >= 0.3 is 0 Å². The predicted octanol–water partition coefficient (Wildman–Crippen LogP) is 3.59. The highest BCUT2D eigenvalue weighted by Gasteiger charge is 2.35. The van der Waals surface area contributed by atoms with Crippen molar-refractivity contribution in [3.63, 3.8) is 0 Å². The number of fused-ring (bicyclic) bond motifs is 1. The molecule has 20 heavy (non-hydrogen) atoms. The van der Waals surface area contributed by atoms with Crippen LogP contribution in [0.2, 0.25) is 0 Å². The maximum Gasteiger partial charge on any atom is 0.264 e. The minimum Gasteiger partial charge on any atom is -0.263 e. The minimum atomic E-state index is -3.50. The molecule has 0 spiro atoms. The van der Waals surface area contributed by atoms with Gasteiger partial charge in [0.25, 0.3) is 10.0 Å². The smallest absolute Gasteiger partial charge is 0.263 e. The van der Waals surface area contributed by atoms with Crippen LogP contribution in [0.4, 0.5) is 5.69 Å². The van der Waals surface area contributed by atoms with Gasteiger partial charge in [0.15, 0.2) is 0 Å². The van der Waals surface area contributed by atoms with Crippen LogP contribution in [0.1, 0.15) is 12.5 Å². The maximum atomic E-state index is 12.8. The summed E-state index contributed by atoms with van der Waals surface area (Å²) in [6.07, 6.45) is 0.737. The van der Waals surface area contributed by atoms with Crippen LogP contribution in [-0.2, 0) is 16.4 Å². The van der Waals surface area contributed by atoms with Gasteiger partial charge in [-0.25, -0.2) is 8.42 Å². The molecule has 2 aromatic rings. The van der Waals surface area contributed by atoms with Gasteiger partial charge in [0.2, 0.25) is 0 Å². The fourth-order valence-corrected chi connectivity index (χ4v) is 4.77. The molecule has 1 atom stereocenters. The molecule has 1 heterocycles. The molecule has 0 amide bonds. The van der Waals surface area contributed by atoms with E-state index in [4.69, 9.17) is 0 Å². The Morgan fingerprint density at radius 2 is 1.85 bits per heavy atom. The van der Waals surface area contributed by atoms with Crippen molar-refractivity contribution in [1.82, 2.24) is 0 Å². The van der Waals surface area contributed by atoms with Gasteiger partial charge in [0.05, 0.1) is 10.6 Å². The van der Waals surface area contributed by atoms with E-state index in [2.05, 4.69) is 15.9 Å². The summed E-state index contributed by atoms with van der Waals surface area (Å²) in [5.41, 5.74) is 1.84. The van der Waals surface area contributed by atoms with Gasteiger partial charge in [-0.05, 0) is 49.2 Å². The average molecular weight is 352 g/mol. The fraction of sp³-hybridized carbons (Fsp3) is 0.200. The normalized spacial score (nSPS) is 18.1. The van der Waals surface area contributed by atoms with E-state index in [0.717, 1.165) is 22.1 Å². The Balaban J connectivity index is 2.12. The van der Waals surface area contributed by atoms with Crippen LogP contribution in [0.15, 0.2) is 57.9 Å². The molecule has 0 saturated heterocycles. The van der Waals surface area contributed by atoms with Crippen LogP contribution in [0.25, 0.3) is 0 Å². The summed E-state index contributed by atoms with van der Waals surface area (Å²) < 4.78 is 28.1. The molecule has 1 aliphatic rings. The van der Waals surface area contributed by atoms with Gasteiger partial charge in [-0.15, -0.1) is 0 Å². The van der Waals surface area contributed by atoms with E-state index in [-0.39, 0.29) is 6.04 Å². The topological polar surface area (TPSA) is 37.4 Å². The van der Waals surface area contributed by atoms with Gasteiger partial charge in [0.1, 0.15) is 0 Å². The third-order valence-electron chi connectivity index (χ3n) is 3.49. The number of nitrogens with zero attached hydrogens (tertiary/aromatic N) is 1. The Morgan fingerprint density at radius 3 is 2.55 bits per heavy atom. The van der Waals surface area contributed by atoms with E-state index in [1.165, 1.54) is 4.31 Å². The minimum absolute atomic E-state index is 0.0653. The van der Waals surface area contributed by atoms with E-state index in [1.54, 1.807) is 24.3 Å². The van der Waals surface area contributed by atoms with Crippen molar-refractivity contribution in [1.29, 1.82) is 0 Å². The zero-order valence-corrected chi connectivity index (χ0v) is 13.4. The predicted molar refractivity (Wildman–Crippen MR) is 83.4 cm³/mol. The highest BCUT2D eigenvalue weighted by atomic mass is 79.9. The summed E-state index contributed by atoms with van der Waals surface area (Å²) >= 11 is 3.43. The third kappa shape index (κ3) is 2.15. The van der Waals surface area contributed by atoms with Gasteiger partial charge in [-0.2, -0.15) is 0 Å². The highest BCUT2D eigenvalue weighted by molar-refractivity contribution is 9.10. The molecule has 0 unspecified atom stereocenters. The van der Waals surface area contributed by atoms with Gasteiger partial charge < -0.3 is 0 Å². The molecular formula is C15H14BrNO2S. The van der Waals surface area contributed by atoms with Crippen LogP contribution < -0.4 is 4.31 Å². The summed E-state index contributed by atoms with van der Waals surface area (Å²) in [4.78, 5) is 0.336. The zero-order valence-electron chi connectivity index (χ0n) is 11.0. The van der Waals surface area contributed by atoms with Gasteiger partial charge in [-0.1, -0.05) is 34.1 Å². The molecule has 2 aromatic carbocycles. The molecule has 0 bridgehead atoms. The van der Waals surface area contributed by atoms with Crippen molar-refractivity contribution in [2.24, 2.45) is 0 Å². The summed E-state index contributed by atoms with van der Waals surface area (Å²) in [7, 11) is -3.50. The first kappa shape index (κ1) is 13.6. The Hall–Kier alpha value is -1.33. The van der Waals surface area contributed by atoms with E-state index in [1.807, 2.05) is 31.2 Å². The number of benzene rings is 2. The van der Waals surface area contributed by atoms with Gasteiger partial charge in [-0.3, -0.25) is 4.31 Å². The van der Waals surface area contributed by atoms with Crippen molar-refractivity contribution in [2.45, 2.75) is 24.3 Å². The molecule has 104 valence electrons. The molecule has 0 radical (unpaired) electrons. The molecule has 5 heteroatoms. The SMILES string of the molecule is C[C@@H]1Cc2cc(Br)ccc2N1S(=O)(=O)c1ccccc1. The number of hydrogen-bond acceptors (Lipinski definition) is 2. The van der Waals surface area contributed by atoms with E-state index < -0.39 is 10.0 Å². The van der Waals surface area contributed by atoms with Crippen LogP contribution in [0.5, 0.6) is 0 Å². The zero-order chi connectivity index (χ0) is 14.3. The molecule has 0 N–H and O–H groups in total. The third-order valence-corrected chi connectivity index (χ3v) is 5.93. The quantitative estimate of drug-likeness (QED) is 0.828. The first-order chi connectivity index (χ1) is 9.50. The Morgan fingerprint density at radius 1 is 1.15 bits per heavy atom. The van der Waals surface area contributed by atoms with Crippen molar-refractivity contribution in [3.8, 4) is 0 Å². The molecule has 0 aromatic heterocycles. The second kappa shape index (κ2) is 4.90. The number of rotatable bonds is 2. The first-order valence-corrected chi connectivity index (χ1v) is 8.61. The Bertz CT molecular complexity index is 744. The maximum absolute atomic E-state index is 12.8. The van der Waals surface area contributed by atoms with E-state index >= 15 is 0 Å². The number of hydrogen-bond donors (Lipinski definition) is 0. The first-order valence-electron chi connectivity index (χ1n) is 6.38. The molecule has 1 aliphatic heterocycles. The molecular weight excluding hydrogens is 338 g/mol. The summed E-state index contributed by atoms with van der Waals surface area (Å²) in [5.74, 6) is 0. The molecule has 0 fully saturated rings. The Labute approximate surface area is 127 Å². The fourth-order valence-electron chi connectivity index (χ4n) is 2.64. The van der Waals surface area contributed by atoms with Crippen LogP contribution in [0, 0.1) is 0 Å². The lowest BCUT2D eigenvalue weighted by atomic mass is 10.1. The van der Waals surface area contributed by atoms with Crippen LogP contribution in [-0.4, -0.2) is 14.5 Å². The summed E-state index contributed by atoms with van der Waals surface area (Å²) in [5, 5.41) is 0. The number of anilines is 1. The standard InChI is InChI=1S/C15H14BrNO2S/c1-11-9-12-10-13(16)7-8-15(12)17(11)20(18,19)14-5-3-2-4-6-14/h2-8,10-11H,9H2,1H3/t11-/m1/s1. The number of sulfonamides is 1. The second-order valence-electron chi connectivity index (χ2n) is 4.94. The molecule has 3 rings (SSSR count). The van der Waals surface area contributed by atoms with E-state index in [9.17, 15) is 8.42 Å². The largest absolute Gasteiger partial charge is 0.264 e. The lowest BCUT2D eigenvalue weighted by Gasteiger charge is -2.24.